The molecule has 0 bridgehead atoms. The Morgan fingerprint density at radius 2 is 1.93 bits per heavy atom. The van der Waals surface area contributed by atoms with E-state index in [-0.39, 0.29) is 36.7 Å². The molecule has 0 N–H and O–H groups in total. The van der Waals surface area contributed by atoms with Crippen LogP contribution in [0.5, 0.6) is 5.75 Å². The van der Waals surface area contributed by atoms with E-state index in [1.54, 1.807) is 36.8 Å². The highest BCUT2D eigenvalue weighted by Gasteiger charge is 2.34. The zero-order chi connectivity index (χ0) is 21.3. The first kappa shape index (κ1) is 20.6. The predicted molar refractivity (Wildman–Crippen MR) is 108 cm³/mol. The minimum atomic E-state index is -0.203. The number of piperazine rings is 1. The van der Waals surface area contributed by atoms with Crippen molar-refractivity contribution in [3.63, 3.8) is 0 Å². The van der Waals surface area contributed by atoms with E-state index in [2.05, 4.69) is 5.10 Å². The standard InChI is InChI=1S/C21H26N4O4/c1-13-10-24(17-8-6-7-9-18(17)29-5)19(27)11-23(13)20(28)12-25-15(3)21(16(4)26)14(2)22-25/h6-9,13H,10-12H2,1-5H3/t13-/m0/s1. The number of ketones is 1. The predicted octanol–water partition coefficient (Wildman–Crippen LogP) is 1.98. The van der Waals surface area contributed by atoms with Gasteiger partial charge in [0.1, 0.15) is 18.8 Å². The third-order valence-corrected chi connectivity index (χ3v) is 5.30. The van der Waals surface area contributed by atoms with Gasteiger partial charge in [0.2, 0.25) is 11.8 Å². The van der Waals surface area contributed by atoms with E-state index in [1.165, 1.54) is 11.6 Å². The second-order valence-corrected chi connectivity index (χ2v) is 7.31. The first-order valence-electron chi connectivity index (χ1n) is 9.52. The molecule has 0 radical (unpaired) electrons. The number of nitrogens with zero attached hydrogens (tertiary/aromatic N) is 4. The third-order valence-electron chi connectivity index (χ3n) is 5.30. The summed E-state index contributed by atoms with van der Waals surface area (Å²) in [4.78, 5) is 40.7. The van der Waals surface area contributed by atoms with E-state index in [4.69, 9.17) is 4.74 Å². The maximum Gasteiger partial charge on any atom is 0.246 e. The summed E-state index contributed by atoms with van der Waals surface area (Å²) < 4.78 is 6.91. The summed E-state index contributed by atoms with van der Waals surface area (Å²) in [5, 5.41) is 4.33. The van der Waals surface area contributed by atoms with Crippen LogP contribution in [0.4, 0.5) is 5.69 Å². The number of aryl methyl sites for hydroxylation is 1. The van der Waals surface area contributed by atoms with Crippen LogP contribution in [0.1, 0.15) is 35.6 Å². The Morgan fingerprint density at radius 1 is 1.24 bits per heavy atom. The molecule has 1 aliphatic heterocycles. The number of carbonyl (C=O) groups excluding carboxylic acids is 3. The molecule has 8 nitrogen and oxygen atoms in total. The van der Waals surface area contributed by atoms with Crippen molar-refractivity contribution in [3.8, 4) is 5.75 Å². The second kappa shape index (κ2) is 8.06. The van der Waals surface area contributed by atoms with Crippen LogP contribution in [0.2, 0.25) is 0 Å². The normalized spacial score (nSPS) is 16.9. The van der Waals surface area contributed by atoms with Crippen LogP contribution in [0.3, 0.4) is 0 Å². The molecular weight excluding hydrogens is 372 g/mol. The quantitative estimate of drug-likeness (QED) is 0.719. The topological polar surface area (TPSA) is 84.7 Å². The van der Waals surface area contributed by atoms with E-state index in [0.717, 1.165) is 0 Å². The van der Waals surface area contributed by atoms with E-state index < -0.39 is 0 Å². The van der Waals surface area contributed by atoms with Crippen LogP contribution in [0.25, 0.3) is 0 Å². The van der Waals surface area contributed by atoms with Crippen LogP contribution < -0.4 is 9.64 Å². The van der Waals surface area contributed by atoms with Gasteiger partial charge in [0.15, 0.2) is 5.78 Å². The maximum atomic E-state index is 12.9. The number of ether oxygens (including phenoxy) is 1. The first-order valence-corrected chi connectivity index (χ1v) is 9.52. The molecule has 1 aromatic carbocycles. The molecule has 2 aromatic rings. The molecule has 1 aromatic heterocycles. The Bertz CT molecular complexity index is 966. The van der Waals surface area contributed by atoms with Crippen LogP contribution in [-0.4, -0.2) is 58.5 Å². The van der Waals surface area contributed by atoms with Crippen LogP contribution in [0.15, 0.2) is 24.3 Å². The van der Waals surface area contributed by atoms with Gasteiger partial charge in [-0.05, 0) is 39.8 Å². The number of hydrogen-bond donors (Lipinski definition) is 0. The molecule has 3 rings (SSSR count). The Labute approximate surface area is 170 Å². The highest BCUT2D eigenvalue weighted by molar-refractivity contribution is 5.99. The summed E-state index contributed by atoms with van der Waals surface area (Å²) in [6.45, 7) is 7.28. The molecule has 8 heteroatoms. The number of methoxy groups -OCH3 is 1. The molecular formula is C21H26N4O4. The number of hydrogen-bond acceptors (Lipinski definition) is 5. The monoisotopic (exact) mass is 398 g/mol. The van der Waals surface area contributed by atoms with Gasteiger partial charge in [0, 0.05) is 18.3 Å². The number of carbonyl (C=O) groups is 3. The lowest BCUT2D eigenvalue weighted by Gasteiger charge is -2.39. The Kier molecular flexibility index (Phi) is 5.72. The van der Waals surface area contributed by atoms with Crippen molar-refractivity contribution in [3.05, 3.63) is 41.2 Å². The average Bonchev–Trinajstić information content (AvgIpc) is 2.96. The van der Waals surface area contributed by atoms with Crippen molar-refractivity contribution >= 4 is 23.3 Å². The zero-order valence-corrected chi connectivity index (χ0v) is 17.4. The van der Waals surface area contributed by atoms with Crippen LogP contribution in [0, 0.1) is 13.8 Å². The van der Waals surface area contributed by atoms with Crippen molar-refractivity contribution in [2.45, 2.75) is 40.3 Å². The summed E-state index contributed by atoms with van der Waals surface area (Å²) in [5.41, 5.74) is 2.51. The van der Waals surface area contributed by atoms with Crippen molar-refractivity contribution in [2.75, 3.05) is 25.1 Å². The summed E-state index contributed by atoms with van der Waals surface area (Å²) in [7, 11) is 1.57. The number of Topliss-reactive ketones (excluding diaryl/α,β-unsaturated/α-hetero) is 1. The summed E-state index contributed by atoms with van der Waals surface area (Å²) in [6.07, 6.45) is 0. The van der Waals surface area contributed by atoms with Gasteiger partial charge in [0.25, 0.3) is 0 Å². The van der Waals surface area contributed by atoms with Crippen molar-refractivity contribution in [1.82, 2.24) is 14.7 Å². The molecule has 2 amide bonds. The van der Waals surface area contributed by atoms with E-state index >= 15 is 0 Å². The summed E-state index contributed by atoms with van der Waals surface area (Å²) in [5.74, 6) is 0.171. The molecule has 154 valence electrons. The van der Waals surface area contributed by atoms with E-state index in [0.29, 0.717) is 34.9 Å². The highest BCUT2D eigenvalue weighted by atomic mass is 16.5. The Balaban J connectivity index is 1.77. The molecule has 0 saturated carbocycles. The Morgan fingerprint density at radius 3 is 2.55 bits per heavy atom. The van der Waals surface area contributed by atoms with Gasteiger partial charge in [-0.2, -0.15) is 5.10 Å². The van der Waals surface area contributed by atoms with Crippen LogP contribution >= 0.6 is 0 Å². The number of anilines is 1. The van der Waals surface area contributed by atoms with Crippen molar-refractivity contribution in [2.24, 2.45) is 0 Å². The molecule has 0 unspecified atom stereocenters. The SMILES string of the molecule is COc1ccccc1N1C[C@H](C)N(C(=O)Cn2nc(C)c(C(C)=O)c2C)CC1=O. The zero-order valence-electron chi connectivity index (χ0n) is 17.4. The van der Waals surface area contributed by atoms with E-state index in [1.807, 2.05) is 25.1 Å². The second-order valence-electron chi connectivity index (χ2n) is 7.31. The fraction of sp³-hybridized carbons (Fsp3) is 0.429. The van der Waals surface area contributed by atoms with Crippen LogP contribution in [-0.2, 0) is 16.1 Å². The number of aromatic nitrogens is 2. The summed E-state index contributed by atoms with van der Waals surface area (Å²) >= 11 is 0. The van der Waals surface area contributed by atoms with E-state index in [9.17, 15) is 14.4 Å². The van der Waals surface area contributed by atoms with Gasteiger partial charge in [-0.1, -0.05) is 12.1 Å². The fourth-order valence-corrected chi connectivity index (χ4v) is 3.85. The lowest BCUT2D eigenvalue weighted by molar-refractivity contribution is -0.140. The molecule has 29 heavy (non-hydrogen) atoms. The minimum absolute atomic E-state index is 0.00771. The third kappa shape index (κ3) is 3.87. The number of rotatable bonds is 5. The molecule has 1 saturated heterocycles. The Hall–Kier alpha value is -3.16. The molecule has 1 atom stereocenters. The number of para-hydroxylation sites is 2. The lowest BCUT2D eigenvalue weighted by atomic mass is 10.1. The number of benzene rings is 1. The average molecular weight is 398 g/mol. The minimum Gasteiger partial charge on any atom is -0.495 e. The molecule has 1 aliphatic rings. The van der Waals surface area contributed by atoms with Crippen molar-refractivity contribution < 1.29 is 19.1 Å². The molecule has 0 spiro atoms. The first-order chi connectivity index (χ1) is 13.7. The fourth-order valence-electron chi connectivity index (χ4n) is 3.85. The highest BCUT2D eigenvalue weighted by Crippen LogP contribution is 2.30. The molecule has 2 heterocycles. The lowest BCUT2D eigenvalue weighted by Crippen LogP contribution is -2.57. The molecule has 0 aliphatic carbocycles. The van der Waals surface area contributed by atoms with Gasteiger partial charge in [-0.15, -0.1) is 0 Å². The van der Waals surface area contributed by atoms with Crippen molar-refractivity contribution in [1.29, 1.82) is 0 Å². The largest absolute Gasteiger partial charge is 0.495 e. The smallest absolute Gasteiger partial charge is 0.246 e. The van der Waals surface area contributed by atoms with Gasteiger partial charge >= 0.3 is 0 Å². The summed E-state index contributed by atoms with van der Waals surface area (Å²) in [6, 6.07) is 7.16. The maximum absolute atomic E-state index is 12.9. The molecule has 1 fully saturated rings. The van der Waals surface area contributed by atoms with Gasteiger partial charge in [0.05, 0.1) is 24.1 Å². The van der Waals surface area contributed by atoms with Gasteiger partial charge in [-0.25, -0.2) is 0 Å². The van der Waals surface area contributed by atoms with Gasteiger partial charge in [-0.3, -0.25) is 19.1 Å². The number of amides is 2. The van der Waals surface area contributed by atoms with Gasteiger partial charge < -0.3 is 14.5 Å².